The number of ether oxygens (including phenoxy) is 2. The normalized spacial score (nSPS) is 21.2. The molecule has 1 heterocycles. The van der Waals surface area contributed by atoms with Crippen molar-refractivity contribution in [3.8, 4) is 0 Å². The van der Waals surface area contributed by atoms with Gasteiger partial charge >= 0.3 is 6.09 Å². The van der Waals surface area contributed by atoms with Gasteiger partial charge in [-0.2, -0.15) is 0 Å². The van der Waals surface area contributed by atoms with Crippen LogP contribution in [0.3, 0.4) is 0 Å². The van der Waals surface area contributed by atoms with Crippen LogP contribution in [0.1, 0.15) is 34.6 Å². The number of nitrogens with one attached hydrogen (secondary N) is 1. The zero-order valence-corrected chi connectivity index (χ0v) is 12.2. The lowest BCUT2D eigenvalue weighted by Crippen LogP contribution is -2.50. The summed E-state index contributed by atoms with van der Waals surface area (Å²) in [5.74, 6) is 0. The minimum absolute atomic E-state index is 0.0497. The molecule has 1 aliphatic rings. The highest BCUT2D eigenvalue weighted by molar-refractivity contribution is 5.68. The van der Waals surface area contributed by atoms with E-state index in [1.54, 1.807) is 4.90 Å². The minimum atomic E-state index is -0.443. The first-order valence-electron chi connectivity index (χ1n) is 6.61. The minimum Gasteiger partial charge on any atom is -0.444 e. The monoisotopic (exact) mass is 258 g/mol. The maximum Gasteiger partial charge on any atom is 0.410 e. The van der Waals surface area contributed by atoms with Gasteiger partial charge in [-0.05, 0) is 20.8 Å². The Labute approximate surface area is 110 Å². The van der Waals surface area contributed by atoms with Gasteiger partial charge in [0.05, 0.1) is 19.3 Å². The summed E-state index contributed by atoms with van der Waals surface area (Å²) in [6, 6.07) is 0.422. The Morgan fingerprint density at radius 1 is 1.50 bits per heavy atom. The predicted molar refractivity (Wildman–Crippen MR) is 70.7 cm³/mol. The van der Waals surface area contributed by atoms with Crippen LogP contribution >= 0.6 is 0 Å². The van der Waals surface area contributed by atoms with Gasteiger partial charge in [-0.15, -0.1) is 0 Å². The molecule has 0 aromatic rings. The maximum atomic E-state index is 11.9. The lowest BCUT2D eigenvalue weighted by atomic mass is 10.2. The number of hydrogen-bond donors (Lipinski definition) is 1. The van der Waals surface area contributed by atoms with Gasteiger partial charge < -0.3 is 19.7 Å². The predicted octanol–water partition coefficient (Wildman–Crippen LogP) is 1.62. The molecule has 0 saturated carbocycles. The molecule has 1 N–H and O–H groups in total. The van der Waals surface area contributed by atoms with E-state index in [2.05, 4.69) is 19.2 Å². The van der Waals surface area contributed by atoms with E-state index in [1.165, 1.54) is 0 Å². The number of rotatable bonds is 3. The molecule has 0 aromatic carbocycles. The second kappa shape index (κ2) is 6.38. The first-order chi connectivity index (χ1) is 8.28. The van der Waals surface area contributed by atoms with Gasteiger partial charge in [0.15, 0.2) is 0 Å². The standard InChI is InChI=1S/C13H26N2O3/c1-10(2)14-8-11-9-15(6-7-17-11)12(16)18-13(3,4)5/h10-11,14H,6-9H2,1-5H3. The molecule has 1 amide bonds. The van der Waals surface area contributed by atoms with Crippen molar-refractivity contribution in [1.82, 2.24) is 10.2 Å². The highest BCUT2D eigenvalue weighted by atomic mass is 16.6. The van der Waals surface area contributed by atoms with E-state index in [0.29, 0.717) is 25.7 Å². The molecular weight excluding hydrogens is 232 g/mol. The second-order valence-corrected chi connectivity index (χ2v) is 5.98. The molecule has 1 rings (SSSR count). The number of carbonyl (C=O) groups is 1. The molecule has 5 heteroatoms. The molecule has 18 heavy (non-hydrogen) atoms. The lowest BCUT2D eigenvalue weighted by Gasteiger charge is -2.34. The van der Waals surface area contributed by atoms with Gasteiger partial charge in [0.1, 0.15) is 5.60 Å². The summed E-state index contributed by atoms with van der Waals surface area (Å²) in [5, 5.41) is 3.32. The number of nitrogens with zero attached hydrogens (tertiary/aromatic N) is 1. The Bertz CT molecular complexity index is 274. The molecule has 0 aliphatic carbocycles. The Balaban J connectivity index is 2.40. The number of amides is 1. The van der Waals surface area contributed by atoms with Crippen molar-refractivity contribution in [3.05, 3.63) is 0 Å². The molecule has 0 bridgehead atoms. The smallest absolute Gasteiger partial charge is 0.410 e. The van der Waals surface area contributed by atoms with Crippen molar-refractivity contribution in [3.63, 3.8) is 0 Å². The van der Waals surface area contributed by atoms with Crippen LogP contribution in [0.25, 0.3) is 0 Å². The molecule has 0 radical (unpaired) electrons. The van der Waals surface area contributed by atoms with E-state index in [9.17, 15) is 4.79 Å². The van der Waals surface area contributed by atoms with E-state index in [0.717, 1.165) is 6.54 Å². The second-order valence-electron chi connectivity index (χ2n) is 5.98. The van der Waals surface area contributed by atoms with Gasteiger partial charge in [-0.25, -0.2) is 4.79 Å². The average molecular weight is 258 g/mol. The first-order valence-corrected chi connectivity index (χ1v) is 6.61. The molecule has 106 valence electrons. The van der Waals surface area contributed by atoms with Crippen molar-refractivity contribution in [2.24, 2.45) is 0 Å². The molecule has 1 fully saturated rings. The highest BCUT2D eigenvalue weighted by Gasteiger charge is 2.27. The van der Waals surface area contributed by atoms with E-state index >= 15 is 0 Å². The summed E-state index contributed by atoms with van der Waals surface area (Å²) in [6.07, 6.45) is -0.200. The zero-order chi connectivity index (χ0) is 13.8. The quantitative estimate of drug-likeness (QED) is 0.836. The van der Waals surface area contributed by atoms with Crippen molar-refractivity contribution in [1.29, 1.82) is 0 Å². The first kappa shape index (κ1) is 15.2. The van der Waals surface area contributed by atoms with Crippen LogP contribution in [0.2, 0.25) is 0 Å². The van der Waals surface area contributed by atoms with E-state index in [4.69, 9.17) is 9.47 Å². The summed E-state index contributed by atoms with van der Waals surface area (Å²) in [4.78, 5) is 13.6. The Kier molecular flexibility index (Phi) is 5.41. The van der Waals surface area contributed by atoms with Crippen LogP contribution in [0.15, 0.2) is 0 Å². The lowest BCUT2D eigenvalue weighted by molar-refractivity contribution is -0.0414. The highest BCUT2D eigenvalue weighted by Crippen LogP contribution is 2.12. The molecule has 0 aromatic heterocycles. The molecule has 1 atom stereocenters. The number of carbonyl (C=O) groups excluding carboxylic acids is 1. The summed E-state index contributed by atoms with van der Waals surface area (Å²) < 4.78 is 11.0. The van der Waals surface area contributed by atoms with E-state index in [1.807, 2.05) is 20.8 Å². The van der Waals surface area contributed by atoms with Gasteiger partial charge in [0.25, 0.3) is 0 Å². The molecule has 5 nitrogen and oxygen atoms in total. The fraction of sp³-hybridized carbons (Fsp3) is 0.923. The number of morpholine rings is 1. The fourth-order valence-corrected chi connectivity index (χ4v) is 1.70. The Morgan fingerprint density at radius 2 is 2.17 bits per heavy atom. The SMILES string of the molecule is CC(C)NCC1CN(C(=O)OC(C)(C)C)CCO1. The summed E-state index contributed by atoms with van der Waals surface area (Å²) in [5.41, 5.74) is -0.443. The summed E-state index contributed by atoms with van der Waals surface area (Å²) in [6.45, 7) is 12.3. The van der Waals surface area contributed by atoms with E-state index in [-0.39, 0.29) is 12.2 Å². The topological polar surface area (TPSA) is 50.8 Å². The third-order valence-corrected chi connectivity index (χ3v) is 2.54. The third kappa shape index (κ3) is 5.69. The van der Waals surface area contributed by atoms with Gasteiger partial charge in [-0.3, -0.25) is 0 Å². The largest absolute Gasteiger partial charge is 0.444 e. The third-order valence-electron chi connectivity index (χ3n) is 2.54. The molecule has 1 aliphatic heterocycles. The average Bonchev–Trinajstić information content (AvgIpc) is 2.24. The van der Waals surface area contributed by atoms with Gasteiger partial charge in [0, 0.05) is 19.1 Å². The van der Waals surface area contributed by atoms with Gasteiger partial charge in [0.2, 0.25) is 0 Å². The molecule has 1 saturated heterocycles. The van der Waals surface area contributed by atoms with Crippen molar-refractivity contribution < 1.29 is 14.3 Å². The van der Waals surface area contributed by atoms with E-state index < -0.39 is 5.60 Å². The molecule has 0 spiro atoms. The van der Waals surface area contributed by atoms with Crippen molar-refractivity contribution >= 4 is 6.09 Å². The maximum absolute atomic E-state index is 11.9. The van der Waals surface area contributed by atoms with Crippen LogP contribution in [0.4, 0.5) is 4.79 Å². The van der Waals surface area contributed by atoms with Crippen LogP contribution in [-0.2, 0) is 9.47 Å². The zero-order valence-electron chi connectivity index (χ0n) is 12.2. The number of hydrogen-bond acceptors (Lipinski definition) is 4. The summed E-state index contributed by atoms with van der Waals surface area (Å²) in [7, 11) is 0. The Morgan fingerprint density at radius 3 is 2.72 bits per heavy atom. The van der Waals surface area contributed by atoms with Crippen LogP contribution < -0.4 is 5.32 Å². The fourth-order valence-electron chi connectivity index (χ4n) is 1.70. The van der Waals surface area contributed by atoms with Crippen molar-refractivity contribution in [2.75, 3.05) is 26.2 Å². The Hall–Kier alpha value is -0.810. The molecule has 1 unspecified atom stereocenters. The van der Waals surface area contributed by atoms with Crippen LogP contribution in [-0.4, -0.2) is 55.0 Å². The van der Waals surface area contributed by atoms with Crippen molar-refractivity contribution in [2.45, 2.75) is 52.4 Å². The summed E-state index contributed by atoms with van der Waals surface area (Å²) >= 11 is 0. The van der Waals surface area contributed by atoms with Crippen LogP contribution in [0.5, 0.6) is 0 Å². The van der Waals surface area contributed by atoms with Crippen LogP contribution in [0, 0.1) is 0 Å². The molecular formula is C13H26N2O3. The van der Waals surface area contributed by atoms with Gasteiger partial charge in [-0.1, -0.05) is 13.8 Å².